The molecule has 0 aliphatic rings. The van der Waals surface area contributed by atoms with Crippen molar-refractivity contribution in [3.63, 3.8) is 0 Å². The Labute approximate surface area is 142 Å². The van der Waals surface area contributed by atoms with Crippen molar-refractivity contribution in [2.75, 3.05) is 13.2 Å². The minimum atomic E-state index is -6.36. The van der Waals surface area contributed by atoms with E-state index in [-0.39, 0.29) is 6.42 Å². The summed E-state index contributed by atoms with van der Waals surface area (Å²) in [5.74, 6) is -12.6. The Balaban J connectivity index is 5.33. The highest BCUT2D eigenvalue weighted by Crippen LogP contribution is 2.37. The summed E-state index contributed by atoms with van der Waals surface area (Å²) >= 11 is 0. The quantitative estimate of drug-likeness (QED) is 0.356. The Bertz CT molecular complexity index is 515. The fourth-order valence-electron chi connectivity index (χ4n) is 1.56. The maximum atomic E-state index is 13.1. The first-order valence-electron chi connectivity index (χ1n) is 7.15. The summed E-state index contributed by atoms with van der Waals surface area (Å²) in [5.41, 5.74) is 0. The molecule has 0 unspecified atom stereocenters. The largest absolute Gasteiger partial charge is 0.463 e. The van der Waals surface area contributed by atoms with Crippen molar-refractivity contribution in [2.45, 2.75) is 50.9 Å². The maximum Gasteiger partial charge on any atom is 0.463 e. The van der Waals surface area contributed by atoms with Crippen LogP contribution in [0.3, 0.4) is 0 Å². The number of carbonyl (C=O) groups is 3. The predicted octanol–water partition coefficient (Wildman–Crippen LogP) is 3.23. The van der Waals surface area contributed by atoms with Gasteiger partial charge in [0.05, 0.1) is 0 Å². The van der Waals surface area contributed by atoms with Crippen LogP contribution in [0.5, 0.6) is 0 Å². The monoisotopic (exact) mass is 401 g/mol. The van der Waals surface area contributed by atoms with E-state index in [0.29, 0.717) is 12.8 Å². The van der Waals surface area contributed by atoms with Crippen LogP contribution in [0.4, 0.5) is 35.1 Å². The molecule has 0 aromatic heterocycles. The third-order valence-corrected chi connectivity index (χ3v) is 2.85. The van der Waals surface area contributed by atoms with Gasteiger partial charge in [-0.3, -0.25) is 19.3 Å². The lowest BCUT2D eigenvalue weighted by atomic mass is 10.1. The predicted molar refractivity (Wildman–Crippen MR) is 68.9 cm³/mol. The summed E-state index contributed by atoms with van der Waals surface area (Å²) in [5, 5.41) is 0. The van der Waals surface area contributed by atoms with Gasteiger partial charge >= 0.3 is 30.2 Å². The summed E-state index contributed by atoms with van der Waals surface area (Å²) < 4.78 is 103. The Morgan fingerprint density at radius 3 is 1.88 bits per heavy atom. The Kier molecular flexibility index (Phi) is 8.44. The SMILES string of the molecule is CCCCCC(=O)N(CC(=O)OCC(F)(F)F)C(=O)C(F)(F)C(F)(F)F. The van der Waals surface area contributed by atoms with Crippen molar-refractivity contribution in [3.05, 3.63) is 0 Å². The molecule has 152 valence electrons. The van der Waals surface area contributed by atoms with Gasteiger partial charge in [0.25, 0.3) is 0 Å². The first kappa shape index (κ1) is 24.1. The number of hydrogen-bond donors (Lipinski definition) is 0. The lowest BCUT2D eigenvalue weighted by Crippen LogP contribution is -2.55. The second-order valence-electron chi connectivity index (χ2n) is 5.09. The molecule has 0 fully saturated rings. The van der Waals surface area contributed by atoms with E-state index in [0.717, 1.165) is 0 Å². The van der Waals surface area contributed by atoms with E-state index in [1.807, 2.05) is 0 Å². The molecule has 0 atom stereocenters. The number of unbranched alkanes of at least 4 members (excludes halogenated alkanes) is 2. The second-order valence-corrected chi connectivity index (χ2v) is 5.09. The smallest absolute Gasteiger partial charge is 0.455 e. The molecule has 0 heterocycles. The Morgan fingerprint density at radius 1 is 0.923 bits per heavy atom. The number of halogens is 8. The van der Waals surface area contributed by atoms with Crippen molar-refractivity contribution < 1.29 is 54.2 Å². The molecule has 0 saturated carbocycles. The van der Waals surface area contributed by atoms with Crippen LogP contribution >= 0.6 is 0 Å². The maximum absolute atomic E-state index is 13.1. The van der Waals surface area contributed by atoms with Crippen LogP contribution in [-0.2, 0) is 19.1 Å². The number of alkyl halides is 8. The molecule has 0 rings (SSSR count). The van der Waals surface area contributed by atoms with Crippen molar-refractivity contribution in [2.24, 2.45) is 0 Å². The van der Waals surface area contributed by atoms with E-state index in [9.17, 15) is 49.5 Å². The van der Waals surface area contributed by atoms with Crippen LogP contribution in [0.2, 0.25) is 0 Å². The molecule has 0 saturated heterocycles. The van der Waals surface area contributed by atoms with Crippen LogP contribution in [0.25, 0.3) is 0 Å². The standard InChI is InChI=1S/C13H15F8NO4/c1-2-3-4-5-8(23)22(6-9(24)26-7-11(14,15)16)10(25)12(17,18)13(19,20)21/h2-7H2,1H3. The number of carbonyl (C=O) groups excluding carboxylic acids is 3. The second kappa shape index (κ2) is 9.12. The average Bonchev–Trinajstić information content (AvgIpc) is 2.48. The normalized spacial score (nSPS) is 12.7. The van der Waals surface area contributed by atoms with E-state index in [4.69, 9.17) is 0 Å². The topological polar surface area (TPSA) is 63.7 Å². The lowest BCUT2D eigenvalue weighted by molar-refractivity contribution is -0.273. The zero-order valence-corrected chi connectivity index (χ0v) is 13.3. The third kappa shape index (κ3) is 7.52. The fourth-order valence-corrected chi connectivity index (χ4v) is 1.56. The minimum Gasteiger partial charge on any atom is -0.455 e. The Hall–Kier alpha value is -1.95. The van der Waals surface area contributed by atoms with Gasteiger partial charge in [-0.2, -0.15) is 35.1 Å². The zero-order chi connectivity index (χ0) is 20.8. The van der Waals surface area contributed by atoms with Crippen LogP contribution in [-0.4, -0.2) is 54.1 Å². The molecule has 26 heavy (non-hydrogen) atoms. The highest BCUT2D eigenvalue weighted by molar-refractivity contribution is 6.01. The van der Waals surface area contributed by atoms with Crippen LogP contribution in [0.1, 0.15) is 32.6 Å². The summed E-state index contributed by atoms with van der Waals surface area (Å²) in [6.07, 6.45) is -11.1. The summed E-state index contributed by atoms with van der Waals surface area (Å²) in [6.45, 7) is -2.28. The Morgan fingerprint density at radius 2 is 1.46 bits per heavy atom. The van der Waals surface area contributed by atoms with Gasteiger partial charge in [-0.15, -0.1) is 0 Å². The number of amides is 2. The van der Waals surface area contributed by atoms with Crippen molar-refractivity contribution in [1.29, 1.82) is 0 Å². The first-order chi connectivity index (χ1) is 11.6. The summed E-state index contributed by atoms with van der Waals surface area (Å²) in [4.78, 5) is 33.7. The number of hydrogen-bond acceptors (Lipinski definition) is 4. The molecular weight excluding hydrogens is 386 g/mol. The molecule has 13 heteroatoms. The van der Waals surface area contributed by atoms with Crippen molar-refractivity contribution in [1.82, 2.24) is 4.90 Å². The molecular formula is C13H15F8NO4. The van der Waals surface area contributed by atoms with Gasteiger partial charge in [-0.05, 0) is 6.42 Å². The minimum absolute atomic E-state index is 0.00824. The molecule has 0 aromatic rings. The highest BCUT2D eigenvalue weighted by atomic mass is 19.4. The van der Waals surface area contributed by atoms with Gasteiger partial charge in [-0.1, -0.05) is 19.8 Å². The number of rotatable bonds is 8. The lowest BCUT2D eigenvalue weighted by Gasteiger charge is -2.26. The van der Waals surface area contributed by atoms with Crippen LogP contribution in [0, 0.1) is 0 Å². The third-order valence-electron chi connectivity index (χ3n) is 2.85. The van der Waals surface area contributed by atoms with E-state index in [1.165, 1.54) is 0 Å². The van der Waals surface area contributed by atoms with Crippen molar-refractivity contribution in [3.8, 4) is 0 Å². The molecule has 0 aliphatic heterocycles. The van der Waals surface area contributed by atoms with E-state index in [1.54, 1.807) is 6.92 Å². The molecule has 0 N–H and O–H groups in total. The zero-order valence-electron chi connectivity index (χ0n) is 13.3. The summed E-state index contributed by atoms with van der Waals surface area (Å²) in [7, 11) is 0. The number of imide groups is 1. The molecule has 0 bridgehead atoms. The first-order valence-corrected chi connectivity index (χ1v) is 7.15. The van der Waals surface area contributed by atoms with Crippen LogP contribution in [0.15, 0.2) is 0 Å². The van der Waals surface area contributed by atoms with Gasteiger partial charge < -0.3 is 4.74 Å². The van der Waals surface area contributed by atoms with E-state index in [2.05, 4.69) is 4.74 Å². The number of esters is 1. The molecule has 0 radical (unpaired) electrons. The van der Waals surface area contributed by atoms with E-state index >= 15 is 0 Å². The van der Waals surface area contributed by atoms with Crippen LogP contribution < -0.4 is 0 Å². The molecule has 0 spiro atoms. The molecule has 2 amide bonds. The van der Waals surface area contributed by atoms with Gasteiger partial charge in [0.15, 0.2) is 6.61 Å². The molecule has 0 aromatic carbocycles. The number of nitrogens with zero attached hydrogens (tertiary/aromatic N) is 1. The van der Waals surface area contributed by atoms with E-state index < -0.39 is 60.5 Å². The molecule has 5 nitrogen and oxygen atoms in total. The number of ether oxygens (including phenoxy) is 1. The van der Waals surface area contributed by atoms with Gasteiger partial charge in [0, 0.05) is 6.42 Å². The molecule has 0 aliphatic carbocycles. The summed E-state index contributed by atoms with van der Waals surface area (Å²) in [6, 6.07) is 0. The average molecular weight is 401 g/mol. The van der Waals surface area contributed by atoms with Gasteiger partial charge in [0.1, 0.15) is 6.54 Å². The highest BCUT2D eigenvalue weighted by Gasteiger charge is 2.65. The van der Waals surface area contributed by atoms with Crippen molar-refractivity contribution >= 4 is 17.8 Å². The van der Waals surface area contributed by atoms with Gasteiger partial charge in [-0.25, -0.2) is 0 Å². The van der Waals surface area contributed by atoms with Gasteiger partial charge in [0.2, 0.25) is 5.91 Å². The fraction of sp³-hybridized carbons (Fsp3) is 0.769.